The Bertz CT molecular complexity index is 1950. The topological polar surface area (TPSA) is 99.5 Å². The van der Waals surface area contributed by atoms with Gasteiger partial charge in [-0.25, -0.2) is 14.4 Å². The Morgan fingerprint density at radius 1 is 1.04 bits per heavy atom. The SMILES string of the molecule is CC(=O)N1CCC2(CC1)C(=O)N(C1CC(N3CC4CC4C3)C1)c1cc(-c3cc4ncn(C(C)C)c4c(Nc4ccncc4F)n3)ccc12. The molecule has 1 N–H and O–H groups in total. The first-order valence-corrected chi connectivity index (χ1v) is 17.4. The lowest BCUT2D eigenvalue weighted by Gasteiger charge is -2.46. The lowest BCUT2D eigenvalue weighted by atomic mass is 9.73. The van der Waals surface area contributed by atoms with E-state index >= 15 is 0 Å². The third kappa shape index (κ3) is 4.57. The predicted molar refractivity (Wildman–Crippen MR) is 181 cm³/mol. The van der Waals surface area contributed by atoms with Crippen LogP contribution in [0.15, 0.2) is 49.1 Å². The molecule has 1 aromatic carbocycles. The van der Waals surface area contributed by atoms with Gasteiger partial charge in [-0.1, -0.05) is 12.1 Å². The number of imidazole rings is 1. The number of fused-ring (bicyclic) bond motifs is 4. The standard InChI is InChI=1S/C37H41FN8O2/c1-21(2)45-20-40-32-16-31(42-35(34(32)45)41-30-6-9-39-17-29(30)38)23-4-5-28-33(13-23)46(27-14-26(15-27)44-18-24-12-25(24)19-44)36(48)37(28)7-10-43(11-8-37)22(3)47/h4-6,9,13,16-17,20-21,24-27H,7-8,10-12,14-15,18-19H2,1-3H3,(H,39,41,42). The van der Waals surface area contributed by atoms with Crippen LogP contribution in [-0.2, 0) is 15.0 Å². The summed E-state index contributed by atoms with van der Waals surface area (Å²) in [5.74, 6) is 2.06. The van der Waals surface area contributed by atoms with E-state index in [1.165, 1.54) is 25.7 Å². The summed E-state index contributed by atoms with van der Waals surface area (Å²) in [6.07, 6.45) is 9.16. The molecule has 248 valence electrons. The molecule has 5 aliphatic rings. The van der Waals surface area contributed by atoms with Crippen LogP contribution in [0.25, 0.3) is 22.3 Å². The van der Waals surface area contributed by atoms with Crippen molar-refractivity contribution >= 4 is 40.0 Å². The van der Waals surface area contributed by atoms with Crippen LogP contribution in [0.3, 0.4) is 0 Å². The van der Waals surface area contributed by atoms with Gasteiger partial charge in [0.15, 0.2) is 11.6 Å². The summed E-state index contributed by atoms with van der Waals surface area (Å²) in [5, 5.41) is 3.22. The number of hydrogen-bond donors (Lipinski definition) is 1. The highest BCUT2D eigenvalue weighted by Crippen LogP contribution is 2.53. The zero-order valence-electron chi connectivity index (χ0n) is 27.7. The third-order valence-corrected chi connectivity index (χ3v) is 11.9. The van der Waals surface area contributed by atoms with Crippen molar-refractivity contribution in [3.05, 3.63) is 60.4 Å². The minimum absolute atomic E-state index is 0.0608. The third-order valence-electron chi connectivity index (χ3n) is 11.9. The number of likely N-dealkylation sites (tertiary alicyclic amines) is 2. The van der Waals surface area contributed by atoms with Crippen LogP contribution >= 0.6 is 0 Å². The zero-order chi connectivity index (χ0) is 32.9. The molecule has 9 rings (SSSR count). The van der Waals surface area contributed by atoms with Crippen molar-refractivity contribution < 1.29 is 14.0 Å². The molecular formula is C37H41FN8O2. The monoisotopic (exact) mass is 648 g/mol. The Morgan fingerprint density at radius 3 is 2.52 bits per heavy atom. The second kappa shape index (κ2) is 10.8. The number of piperidine rings is 2. The second-order valence-corrected chi connectivity index (χ2v) is 14.9. The number of carbonyl (C=O) groups excluding carboxylic acids is 2. The Kier molecular flexibility index (Phi) is 6.70. The van der Waals surface area contributed by atoms with Gasteiger partial charge in [-0.05, 0) is 81.5 Å². The second-order valence-electron chi connectivity index (χ2n) is 14.9. The van der Waals surface area contributed by atoms with Gasteiger partial charge in [0.1, 0.15) is 5.52 Å². The number of amides is 2. The molecular weight excluding hydrogens is 607 g/mol. The van der Waals surface area contributed by atoms with E-state index in [-0.39, 0.29) is 29.6 Å². The number of hydrogen-bond acceptors (Lipinski definition) is 7. The van der Waals surface area contributed by atoms with Crippen LogP contribution in [0.2, 0.25) is 0 Å². The minimum Gasteiger partial charge on any atom is -0.343 e. The van der Waals surface area contributed by atoms with Crippen molar-refractivity contribution in [2.24, 2.45) is 11.8 Å². The van der Waals surface area contributed by atoms with Gasteiger partial charge in [-0.3, -0.25) is 19.5 Å². The first kappa shape index (κ1) is 29.7. The lowest BCUT2D eigenvalue weighted by Crippen LogP contribution is -2.57. The fourth-order valence-corrected chi connectivity index (χ4v) is 8.89. The van der Waals surface area contributed by atoms with Crippen LogP contribution in [0, 0.1) is 17.7 Å². The van der Waals surface area contributed by atoms with Crippen LogP contribution in [0.1, 0.15) is 64.5 Å². The molecule has 4 fully saturated rings. The zero-order valence-corrected chi connectivity index (χ0v) is 27.7. The number of rotatable bonds is 6. The average molecular weight is 649 g/mol. The van der Waals surface area contributed by atoms with E-state index < -0.39 is 11.2 Å². The maximum atomic E-state index is 14.8. The Balaban J connectivity index is 1.11. The van der Waals surface area contributed by atoms with Crippen LogP contribution in [0.5, 0.6) is 0 Å². The van der Waals surface area contributed by atoms with E-state index in [0.717, 1.165) is 52.5 Å². The van der Waals surface area contributed by atoms with Crippen LogP contribution in [0.4, 0.5) is 21.6 Å². The molecule has 2 saturated carbocycles. The Hall–Kier alpha value is -4.38. The van der Waals surface area contributed by atoms with Crippen molar-refractivity contribution in [2.45, 2.75) is 76.4 Å². The lowest BCUT2D eigenvalue weighted by molar-refractivity contribution is -0.134. The highest BCUT2D eigenvalue weighted by Gasteiger charge is 2.57. The summed E-state index contributed by atoms with van der Waals surface area (Å²) >= 11 is 0. The summed E-state index contributed by atoms with van der Waals surface area (Å²) in [6, 6.07) is 10.7. The van der Waals surface area contributed by atoms with Crippen molar-refractivity contribution in [3.63, 3.8) is 0 Å². The van der Waals surface area contributed by atoms with Gasteiger partial charge < -0.3 is 19.7 Å². The number of halogens is 1. The predicted octanol–water partition coefficient (Wildman–Crippen LogP) is 5.67. The molecule has 3 aromatic heterocycles. The van der Waals surface area contributed by atoms with Crippen molar-refractivity contribution in [1.82, 2.24) is 29.3 Å². The quantitative estimate of drug-likeness (QED) is 0.288. The minimum atomic E-state index is -0.626. The van der Waals surface area contributed by atoms with E-state index in [4.69, 9.17) is 9.97 Å². The number of carbonyl (C=O) groups is 2. The largest absolute Gasteiger partial charge is 0.343 e. The first-order valence-electron chi connectivity index (χ1n) is 17.4. The highest BCUT2D eigenvalue weighted by molar-refractivity contribution is 6.09. The van der Waals surface area contributed by atoms with Crippen LogP contribution < -0.4 is 10.2 Å². The molecule has 48 heavy (non-hydrogen) atoms. The Labute approximate surface area is 279 Å². The van der Waals surface area contributed by atoms with E-state index in [1.54, 1.807) is 25.5 Å². The number of aromatic nitrogens is 4. The summed E-state index contributed by atoms with van der Waals surface area (Å²) in [6.45, 7) is 9.34. The van der Waals surface area contributed by atoms with E-state index in [1.807, 2.05) is 15.5 Å². The first-order chi connectivity index (χ1) is 23.2. The molecule has 0 radical (unpaired) electrons. The summed E-state index contributed by atoms with van der Waals surface area (Å²) in [4.78, 5) is 47.2. The van der Waals surface area contributed by atoms with Crippen molar-refractivity contribution in [3.8, 4) is 11.3 Å². The van der Waals surface area contributed by atoms with E-state index in [0.29, 0.717) is 43.5 Å². The summed E-state index contributed by atoms with van der Waals surface area (Å²) in [7, 11) is 0. The molecule has 2 saturated heterocycles. The van der Waals surface area contributed by atoms with Gasteiger partial charge in [0, 0.05) is 68.7 Å². The molecule has 6 heterocycles. The fourth-order valence-electron chi connectivity index (χ4n) is 8.89. The normalized spacial score (nSPS) is 25.9. The molecule has 10 nitrogen and oxygen atoms in total. The van der Waals surface area contributed by atoms with Crippen molar-refractivity contribution in [2.75, 3.05) is 36.4 Å². The Morgan fingerprint density at radius 2 is 1.81 bits per heavy atom. The fraction of sp³-hybridized carbons (Fsp3) is 0.486. The molecule has 2 amide bonds. The number of nitrogens with one attached hydrogen (secondary N) is 1. The molecule has 2 atom stereocenters. The molecule has 11 heteroatoms. The smallest absolute Gasteiger partial charge is 0.238 e. The maximum Gasteiger partial charge on any atom is 0.238 e. The van der Waals surface area contributed by atoms with Gasteiger partial charge in [0.05, 0.1) is 34.8 Å². The molecule has 3 aliphatic heterocycles. The number of nitrogens with zero attached hydrogens (tertiary/aromatic N) is 7. The maximum absolute atomic E-state index is 14.8. The van der Waals surface area contributed by atoms with E-state index in [9.17, 15) is 14.0 Å². The van der Waals surface area contributed by atoms with Gasteiger partial charge >= 0.3 is 0 Å². The summed E-state index contributed by atoms with van der Waals surface area (Å²) < 4.78 is 16.8. The number of anilines is 3. The number of benzene rings is 1. The van der Waals surface area contributed by atoms with Gasteiger partial charge in [0.2, 0.25) is 11.8 Å². The molecule has 2 unspecified atom stereocenters. The molecule has 4 aromatic rings. The highest BCUT2D eigenvalue weighted by atomic mass is 19.1. The summed E-state index contributed by atoms with van der Waals surface area (Å²) in [5.41, 5.74) is 4.79. The number of pyridine rings is 2. The van der Waals surface area contributed by atoms with Crippen LogP contribution in [-0.4, -0.2) is 79.4 Å². The molecule has 1 spiro atoms. The molecule has 0 bridgehead atoms. The van der Waals surface area contributed by atoms with Crippen molar-refractivity contribution in [1.29, 1.82) is 0 Å². The van der Waals surface area contributed by atoms with Gasteiger partial charge in [-0.2, -0.15) is 0 Å². The van der Waals surface area contributed by atoms with E-state index in [2.05, 4.69) is 52.1 Å². The molecule has 2 aliphatic carbocycles. The average Bonchev–Trinajstić information content (AvgIpc) is 3.36. The van der Waals surface area contributed by atoms with Gasteiger partial charge in [0.25, 0.3) is 0 Å². The van der Waals surface area contributed by atoms with Gasteiger partial charge in [-0.15, -0.1) is 0 Å².